The van der Waals surface area contributed by atoms with E-state index in [1.807, 2.05) is 65.6 Å². The summed E-state index contributed by atoms with van der Waals surface area (Å²) in [4.78, 5) is 12.9. The van der Waals surface area contributed by atoms with E-state index in [4.69, 9.17) is 4.74 Å². The van der Waals surface area contributed by atoms with Gasteiger partial charge in [0.25, 0.3) is 0 Å². The first kappa shape index (κ1) is 20.3. The van der Waals surface area contributed by atoms with Crippen LogP contribution in [0.2, 0.25) is 0 Å². The maximum atomic E-state index is 12.9. The first-order valence-electron chi connectivity index (χ1n) is 10.8. The molecule has 5 rings (SSSR count). The predicted molar refractivity (Wildman–Crippen MR) is 123 cm³/mol. The maximum Gasteiger partial charge on any atom is 0.242 e. The largest absolute Gasteiger partial charge is 0.497 e. The minimum absolute atomic E-state index is 0.0373. The molecule has 1 aliphatic carbocycles. The second-order valence-electron chi connectivity index (χ2n) is 9.21. The Bertz CT molecular complexity index is 1240. The summed E-state index contributed by atoms with van der Waals surface area (Å²) < 4.78 is 8.96. The van der Waals surface area contributed by atoms with Crippen LogP contribution in [0.1, 0.15) is 37.6 Å². The molecule has 1 amide bonds. The second kappa shape index (κ2) is 7.82. The van der Waals surface area contributed by atoms with Crippen LogP contribution in [0.5, 0.6) is 5.75 Å². The highest BCUT2D eigenvalue weighted by Gasteiger charge is 2.36. The van der Waals surface area contributed by atoms with E-state index in [1.54, 1.807) is 11.8 Å². The summed E-state index contributed by atoms with van der Waals surface area (Å²) in [6.45, 7) is 4.66. The number of amides is 1. The number of nitrogens with zero attached hydrogens (tertiary/aromatic N) is 4. The lowest BCUT2D eigenvalue weighted by molar-refractivity contribution is -0.122. The molecule has 2 aromatic heterocycles. The number of aromatic nitrogens is 4. The van der Waals surface area contributed by atoms with E-state index in [-0.39, 0.29) is 23.9 Å². The van der Waals surface area contributed by atoms with Crippen molar-refractivity contribution in [2.24, 2.45) is 5.41 Å². The summed E-state index contributed by atoms with van der Waals surface area (Å²) in [7, 11) is 1.66. The molecule has 0 spiro atoms. The van der Waals surface area contributed by atoms with E-state index >= 15 is 0 Å². The maximum absolute atomic E-state index is 12.9. The first-order valence-corrected chi connectivity index (χ1v) is 10.8. The molecule has 0 radical (unpaired) electrons. The summed E-state index contributed by atoms with van der Waals surface area (Å²) in [5.74, 6) is 0.759. The fraction of sp³-hybridized carbons (Fsp3) is 0.320. The van der Waals surface area contributed by atoms with E-state index in [0.29, 0.717) is 0 Å². The van der Waals surface area contributed by atoms with Gasteiger partial charge in [0.2, 0.25) is 5.91 Å². The van der Waals surface area contributed by atoms with Crippen LogP contribution in [0.4, 0.5) is 0 Å². The Morgan fingerprint density at radius 1 is 1.19 bits per heavy atom. The summed E-state index contributed by atoms with van der Waals surface area (Å²) in [5, 5.41) is 13.4. The topological polar surface area (TPSA) is 74.0 Å². The summed E-state index contributed by atoms with van der Waals surface area (Å²) in [6.07, 6.45) is 5.56. The van der Waals surface area contributed by atoms with Crippen molar-refractivity contribution in [1.29, 1.82) is 0 Å². The average molecular weight is 430 g/mol. The predicted octanol–water partition coefficient (Wildman–Crippen LogP) is 4.06. The van der Waals surface area contributed by atoms with Gasteiger partial charge in [-0.05, 0) is 48.6 Å². The van der Waals surface area contributed by atoms with E-state index in [2.05, 4.69) is 29.4 Å². The molecule has 7 nitrogen and oxygen atoms in total. The molecule has 1 N–H and O–H groups in total. The smallest absolute Gasteiger partial charge is 0.242 e. The van der Waals surface area contributed by atoms with Crippen LogP contribution in [0.25, 0.3) is 16.6 Å². The number of rotatable bonds is 5. The van der Waals surface area contributed by atoms with Crippen LogP contribution in [0.3, 0.4) is 0 Å². The van der Waals surface area contributed by atoms with Crippen LogP contribution in [0.15, 0.2) is 60.9 Å². The van der Waals surface area contributed by atoms with Crippen molar-refractivity contribution in [3.63, 3.8) is 0 Å². The zero-order valence-corrected chi connectivity index (χ0v) is 18.6. The number of carbonyl (C=O) groups excluding carboxylic acids is 1. The number of methoxy groups -OCH3 is 1. The summed E-state index contributed by atoms with van der Waals surface area (Å²) in [6, 6.07) is 15.7. The van der Waals surface area contributed by atoms with Crippen molar-refractivity contribution in [3.05, 3.63) is 72.2 Å². The highest BCUT2D eigenvalue weighted by atomic mass is 16.5. The van der Waals surface area contributed by atoms with Gasteiger partial charge in [0.05, 0.1) is 36.2 Å². The zero-order chi connectivity index (χ0) is 22.3. The fourth-order valence-electron chi connectivity index (χ4n) is 4.60. The van der Waals surface area contributed by atoms with Gasteiger partial charge in [-0.15, -0.1) is 0 Å². The second-order valence-corrected chi connectivity index (χ2v) is 9.21. The third-order valence-corrected chi connectivity index (χ3v) is 6.10. The first-order chi connectivity index (χ1) is 15.4. The van der Waals surface area contributed by atoms with Gasteiger partial charge in [-0.2, -0.15) is 10.2 Å². The zero-order valence-electron chi connectivity index (χ0n) is 18.6. The fourth-order valence-corrected chi connectivity index (χ4v) is 4.60. The monoisotopic (exact) mass is 429 g/mol. The molecule has 4 aromatic rings. The number of ether oxygens (including phenoxy) is 1. The Balaban J connectivity index is 1.39. The Labute approximate surface area is 187 Å². The molecular weight excluding hydrogens is 402 g/mol. The molecule has 7 heteroatoms. The molecule has 1 aliphatic rings. The third kappa shape index (κ3) is 3.86. The molecule has 0 saturated heterocycles. The normalized spacial score (nSPS) is 17.2. The number of hydrogen-bond donors (Lipinski definition) is 1. The van der Waals surface area contributed by atoms with Gasteiger partial charge in [0.1, 0.15) is 12.3 Å². The lowest BCUT2D eigenvalue weighted by atomic mass is 9.74. The number of hydrogen-bond acceptors (Lipinski definition) is 4. The standard InChI is InChI=1S/C25H27N5O2/c1-25(2)12-22(27-24(31)16-29-15-17-6-4-5-7-21(17)28-29)20-14-26-30(23(20)13-25)18-8-10-19(32-3)11-9-18/h4-11,14-15,22H,12-13,16H2,1-3H3,(H,27,31)/t22-/m1/s1. The minimum Gasteiger partial charge on any atom is -0.497 e. The van der Waals surface area contributed by atoms with Crippen LogP contribution in [-0.2, 0) is 17.8 Å². The van der Waals surface area contributed by atoms with E-state index < -0.39 is 0 Å². The van der Waals surface area contributed by atoms with Gasteiger partial charge < -0.3 is 10.1 Å². The summed E-state index contributed by atoms with van der Waals surface area (Å²) in [5.41, 5.74) is 4.14. The van der Waals surface area contributed by atoms with Crippen LogP contribution < -0.4 is 10.1 Å². The molecule has 32 heavy (non-hydrogen) atoms. The van der Waals surface area contributed by atoms with Crippen LogP contribution in [-0.4, -0.2) is 32.6 Å². The van der Waals surface area contributed by atoms with Gasteiger partial charge in [0, 0.05) is 17.1 Å². The van der Waals surface area contributed by atoms with E-state index in [0.717, 1.165) is 46.4 Å². The minimum atomic E-state index is -0.0850. The SMILES string of the molecule is COc1ccc(-n2ncc3c2CC(C)(C)C[C@H]3NC(=O)Cn2cc3ccccc3n2)cc1. The molecule has 0 unspecified atom stereocenters. The van der Waals surface area contributed by atoms with Crippen molar-refractivity contribution < 1.29 is 9.53 Å². The van der Waals surface area contributed by atoms with Crippen LogP contribution in [0, 0.1) is 5.41 Å². The molecule has 2 heterocycles. The Hall–Kier alpha value is -3.61. The lowest BCUT2D eigenvalue weighted by Crippen LogP contribution is -2.38. The lowest BCUT2D eigenvalue weighted by Gasteiger charge is -2.36. The number of fused-ring (bicyclic) bond motifs is 2. The molecule has 0 saturated carbocycles. The molecule has 2 aromatic carbocycles. The number of benzene rings is 2. The molecule has 0 fully saturated rings. The molecule has 164 valence electrons. The van der Waals surface area contributed by atoms with Gasteiger partial charge in [-0.25, -0.2) is 4.68 Å². The van der Waals surface area contributed by atoms with E-state index in [9.17, 15) is 4.79 Å². The van der Waals surface area contributed by atoms with Gasteiger partial charge in [-0.3, -0.25) is 9.48 Å². The van der Waals surface area contributed by atoms with Gasteiger partial charge in [0.15, 0.2) is 0 Å². The highest BCUT2D eigenvalue weighted by Crippen LogP contribution is 2.41. The van der Waals surface area contributed by atoms with Gasteiger partial charge in [-0.1, -0.05) is 32.0 Å². The Kier molecular flexibility index (Phi) is 4.96. The Morgan fingerprint density at radius 3 is 2.72 bits per heavy atom. The summed E-state index contributed by atoms with van der Waals surface area (Å²) >= 11 is 0. The number of nitrogens with one attached hydrogen (secondary N) is 1. The molecule has 0 aliphatic heterocycles. The van der Waals surface area contributed by atoms with Crippen molar-refractivity contribution in [2.45, 2.75) is 39.3 Å². The van der Waals surface area contributed by atoms with Crippen molar-refractivity contribution in [3.8, 4) is 11.4 Å². The Morgan fingerprint density at radius 2 is 1.97 bits per heavy atom. The van der Waals surface area contributed by atoms with Crippen molar-refractivity contribution in [2.75, 3.05) is 7.11 Å². The van der Waals surface area contributed by atoms with E-state index in [1.165, 1.54) is 0 Å². The quantitative estimate of drug-likeness (QED) is 0.519. The molecule has 1 atom stereocenters. The molecule has 0 bridgehead atoms. The van der Waals surface area contributed by atoms with Crippen molar-refractivity contribution >= 4 is 16.8 Å². The van der Waals surface area contributed by atoms with Crippen LogP contribution >= 0.6 is 0 Å². The highest BCUT2D eigenvalue weighted by molar-refractivity contribution is 5.80. The third-order valence-electron chi connectivity index (χ3n) is 6.10. The average Bonchev–Trinajstić information content (AvgIpc) is 3.36. The van der Waals surface area contributed by atoms with Crippen molar-refractivity contribution in [1.82, 2.24) is 24.9 Å². The number of carbonyl (C=O) groups is 1. The van der Waals surface area contributed by atoms with Gasteiger partial charge >= 0.3 is 0 Å². The molecular formula is C25H27N5O2.